The van der Waals surface area contributed by atoms with Gasteiger partial charge in [-0.25, -0.2) is 0 Å². The maximum absolute atomic E-state index is 12.6. The Balaban J connectivity index is 1.84. The summed E-state index contributed by atoms with van der Waals surface area (Å²) in [6.07, 6.45) is 0.226. The maximum atomic E-state index is 12.6. The Bertz CT molecular complexity index is 532. The van der Waals surface area contributed by atoms with Crippen LogP contribution in [-0.4, -0.2) is 39.1 Å². The Hall–Kier alpha value is -0.660. The first-order valence-electron chi connectivity index (χ1n) is 6.31. The van der Waals surface area contributed by atoms with Crippen molar-refractivity contribution in [2.75, 3.05) is 13.1 Å². The third-order valence-corrected chi connectivity index (χ3v) is 5.71. The van der Waals surface area contributed by atoms with Crippen molar-refractivity contribution >= 4 is 32.9 Å². The van der Waals surface area contributed by atoms with Gasteiger partial charge < -0.3 is 9.29 Å². The summed E-state index contributed by atoms with van der Waals surface area (Å²) in [7, 11) is 0. The molecule has 0 bridgehead atoms. The summed E-state index contributed by atoms with van der Waals surface area (Å²) in [4.78, 5) is 4.47. The third-order valence-electron chi connectivity index (χ3n) is 3.04. The number of nitrogens with zero attached hydrogens (tertiary/aromatic N) is 2. The van der Waals surface area contributed by atoms with Crippen LogP contribution >= 0.6 is 11.3 Å². The minimum atomic E-state index is -1.18. The van der Waals surface area contributed by atoms with Gasteiger partial charge in [0.1, 0.15) is 11.4 Å². The van der Waals surface area contributed by atoms with Gasteiger partial charge >= 0.3 is 4.34 Å². The van der Waals surface area contributed by atoms with Crippen LogP contribution in [0.3, 0.4) is 0 Å². The van der Waals surface area contributed by atoms with Crippen LogP contribution in [0.5, 0.6) is 0 Å². The standard InChI is InChI=1S/C13H16N2O2S2/c1-9-7-15(8-10(2)17-9)19(16)13-14-11-5-3-4-6-12(11)18-13/h3-6,9-10H,7-8H2,1-2H3. The van der Waals surface area contributed by atoms with Gasteiger partial charge in [-0.2, -0.15) is 4.98 Å². The summed E-state index contributed by atoms with van der Waals surface area (Å²) in [5, 5.41) is 0. The van der Waals surface area contributed by atoms with Gasteiger partial charge in [-0.05, 0) is 26.0 Å². The SMILES string of the molecule is CC1CN([S+]([O-])c2nc3ccccc3s2)CC(C)O1. The highest BCUT2D eigenvalue weighted by molar-refractivity contribution is 7.91. The van der Waals surface area contributed by atoms with E-state index >= 15 is 0 Å². The van der Waals surface area contributed by atoms with E-state index in [1.165, 1.54) is 11.3 Å². The van der Waals surface area contributed by atoms with E-state index in [1.54, 1.807) is 0 Å². The van der Waals surface area contributed by atoms with Crippen LogP contribution in [0.25, 0.3) is 10.2 Å². The average molecular weight is 296 g/mol. The molecule has 4 nitrogen and oxygen atoms in total. The Morgan fingerprint density at radius 1 is 1.32 bits per heavy atom. The molecule has 1 aliphatic rings. The predicted molar refractivity (Wildman–Crippen MR) is 77.6 cm³/mol. The van der Waals surface area contributed by atoms with Crippen molar-refractivity contribution in [1.29, 1.82) is 0 Å². The van der Waals surface area contributed by atoms with Gasteiger partial charge in [-0.3, -0.25) is 0 Å². The van der Waals surface area contributed by atoms with Gasteiger partial charge in [0.15, 0.2) is 0 Å². The van der Waals surface area contributed by atoms with Gasteiger partial charge in [0.05, 0.1) is 35.5 Å². The number of benzene rings is 1. The number of hydrogen-bond acceptors (Lipinski definition) is 5. The van der Waals surface area contributed by atoms with Crippen molar-refractivity contribution in [3.05, 3.63) is 24.3 Å². The molecule has 2 heterocycles. The van der Waals surface area contributed by atoms with E-state index in [0.717, 1.165) is 10.2 Å². The van der Waals surface area contributed by atoms with Gasteiger partial charge in [0, 0.05) is 0 Å². The summed E-state index contributed by atoms with van der Waals surface area (Å²) in [5.74, 6) is 0. The van der Waals surface area contributed by atoms with E-state index in [9.17, 15) is 4.55 Å². The lowest BCUT2D eigenvalue weighted by atomic mass is 10.3. The van der Waals surface area contributed by atoms with Gasteiger partial charge in [0.2, 0.25) is 0 Å². The van der Waals surface area contributed by atoms with Gasteiger partial charge in [-0.15, -0.1) is 4.31 Å². The third kappa shape index (κ3) is 2.78. The molecule has 0 saturated carbocycles. The topological polar surface area (TPSA) is 48.4 Å². The van der Waals surface area contributed by atoms with Crippen LogP contribution in [-0.2, 0) is 16.1 Å². The Morgan fingerprint density at radius 3 is 2.68 bits per heavy atom. The monoisotopic (exact) mass is 296 g/mol. The summed E-state index contributed by atoms with van der Waals surface area (Å²) in [5.41, 5.74) is 0.921. The second-order valence-electron chi connectivity index (χ2n) is 4.80. The van der Waals surface area contributed by atoms with Crippen LogP contribution in [0.1, 0.15) is 13.8 Å². The number of thiazole rings is 1. The molecule has 2 aromatic rings. The molecule has 0 aliphatic carbocycles. The molecule has 0 N–H and O–H groups in total. The number of fused-ring (bicyclic) bond motifs is 1. The quantitative estimate of drug-likeness (QED) is 0.799. The molecule has 1 aliphatic heterocycles. The Morgan fingerprint density at radius 2 is 2.00 bits per heavy atom. The molecule has 1 aromatic carbocycles. The molecule has 6 heteroatoms. The van der Waals surface area contributed by atoms with Crippen LogP contribution in [0.4, 0.5) is 0 Å². The largest absolute Gasteiger partial charge is 0.591 e. The van der Waals surface area contributed by atoms with E-state index in [4.69, 9.17) is 4.74 Å². The molecule has 102 valence electrons. The predicted octanol–water partition coefficient (Wildman–Crippen LogP) is 2.43. The molecule has 3 atom stereocenters. The maximum Gasteiger partial charge on any atom is 0.324 e. The summed E-state index contributed by atoms with van der Waals surface area (Å²) < 4.78 is 22.0. The second-order valence-corrected chi connectivity index (χ2v) is 7.49. The molecular weight excluding hydrogens is 280 g/mol. The number of para-hydroxylation sites is 1. The lowest BCUT2D eigenvalue weighted by Gasteiger charge is -2.33. The first-order valence-corrected chi connectivity index (χ1v) is 8.23. The normalized spacial score (nSPS) is 26.7. The lowest BCUT2D eigenvalue weighted by molar-refractivity contribution is -0.0440. The molecule has 1 fully saturated rings. The highest BCUT2D eigenvalue weighted by Crippen LogP contribution is 2.28. The number of morpholine rings is 1. The van der Waals surface area contributed by atoms with E-state index in [1.807, 2.05) is 42.4 Å². The van der Waals surface area contributed by atoms with Crippen molar-refractivity contribution in [3.63, 3.8) is 0 Å². The van der Waals surface area contributed by atoms with Gasteiger partial charge in [-0.1, -0.05) is 23.5 Å². The fourth-order valence-corrected chi connectivity index (χ4v) is 4.96. The molecule has 0 radical (unpaired) electrons. The number of aromatic nitrogens is 1. The van der Waals surface area contributed by atoms with Crippen molar-refractivity contribution in [1.82, 2.24) is 9.29 Å². The first-order chi connectivity index (χ1) is 9.13. The average Bonchev–Trinajstić information content (AvgIpc) is 2.80. The minimum Gasteiger partial charge on any atom is -0.591 e. The van der Waals surface area contributed by atoms with Crippen molar-refractivity contribution in [2.45, 2.75) is 30.4 Å². The molecule has 0 spiro atoms. The van der Waals surface area contributed by atoms with Crippen LogP contribution in [0.2, 0.25) is 0 Å². The zero-order valence-electron chi connectivity index (χ0n) is 10.9. The van der Waals surface area contributed by atoms with E-state index < -0.39 is 11.4 Å². The highest BCUT2D eigenvalue weighted by Gasteiger charge is 2.33. The molecular formula is C13H16N2O2S2. The number of rotatable bonds is 2. The zero-order chi connectivity index (χ0) is 13.4. The lowest BCUT2D eigenvalue weighted by Crippen LogP contribution is -2.48. The van der Waals surface area contributed by atoms with Gasteiger partial charge in [0.25, 0.3) is 0 Å². The first kappa shape index (κ1) is 13.3. The second kappa shape index (κ2) is 5.38. The summed E-state index contributed by atoms with van der Waals surface area (Å²) in [6.45, 7) is 5.40. The summed E-state index contributed by atoms with van der Waals surface area (Å²) in [6, 6.07) is 7.90. The molecule has 3 unspecified atom stereocenters. The van der Waals surface area contributed by atoms with Crippen molar-refractivity contribution < 1.29 is 9.29 Å². The molecule has 19 heavy (non-hydrogen) atoms. The molecule has 1 saturated heterocycles. The number of ether oxygens (including phenoxy) is 1. The summed E-state index contributed by atoms with van der Waals surface area (Å²) >= 11 is 0.325. The Kier molecular flexibility index (Phi) is 3.77. The minimum absolute atomic E-state index is 0.113. The van der Waals surface area contributed by atoms with E-state index in [0.29, 0.717) is 17.4 Å². The molecule has 1 aromatic heterocycles. The molecule has 0 amide bonds. The fraction of sp³-hybridized carbons (Fsp3) is 0.462. The fourth-order valence-electron chi connectivity index (χ4n) is 2.30. The van der Waals surface area contributed by atoms with Crippen molar-refractivity contribution in [3.8, 4) is 0 Å². The van der Waals surface area contributed by atoms with Crippen molar-refractivity contribution in [2.24, 2.45) is 0 Å². The van der Waals surface area contributed by atoms with Crippen LogP contribution < -0.4 is 0 Å². The Labute approximate surface area is 119 Å². The van der Waals surface area contributed by atoms with E-state index in [-0.39, 0.29) is 12.2 Å². The van der Waals surface area contributed by atoms with Crippen LogP contribution in [0, 0.1) is 0 Å². The number of hydrogen-bond donors (Lipinski definition) is 0. The van der Waals surface area contributed by atoms with E-state index in [2.05, 4.69) is 4.98 Å². The van der Waals surface area contributed by atoms with Crippen LogP contribution in [0.15, 0.2) is 28.6 Å². The molecule has 3 rings (SSSR count). The zero-order valence-corrected chi connectivity index (χ0v) is 12.5. The highest BCUT2D eigenvalue weighted by atomic mass is 32.2. The smallest absolute Gasteiger partial charge is 0.324 e.